The summed E-state index contributed by atoms with van der Waals surface area (Å²) in [6, 6.07) is 1.20. The second-order valence-corrected chi connectivity index (χ2v) is 4.46. The third-order valence-corrected chi connectivity index (χ3v) is 3.21. The summed E-state index contributed by atoms with van der Waals surface area (Å²) >= 11 is 0. The van der Waals surface area contributed by atoms with E-state index in [1.165, 1.54) is 6.20 Å². The Labute approximate surface area is 108 Å². The van der Waals surface area contributed by atoms with Crippen molar-refractivity contribution in [1.29, 1.82) is 5.26 Å². The molecule has 1 aliphatic heterocycles. The molecule has 0 bridgehead atoms. The van der Waals surface area contributed by atoms with Crippen molar-refractivity contribution in [2.24, 2.45) is 11.7 Å². The van der Waals surface area contributed by atoms with Crippen LogP contribution in [0.5, 0.6) is 0 Å². The molecule has 4 N–H and O–H groups in total. The van der Waals surface area contributed by atoms with Crippen molar-refractivity contribution in [3.8, 4) is 6.07 Å². The number of aliphatic hydroxyl groups excluding tert-OH is 1. The van der Waals surface area contributed by atoms with Crippen LogP contribution in [0.2, 0.25) is 0 Å². The van der Waals surface area contributed by atoms with Crippen LogP contribution in [0, 0.1) is 24.2 Å². The predicted molar refractivity (Wildman–Crippen MR) is 64.1 cm³/mol. The van der Waals surface area contributed by atoms with Gasteiger partial charge in [-0.15, -0.1) is 0 Å². The minimum Gasteiger partial charge on any atom is -0.394 e. The first-order chi connectivity index (χ1) is 8.99. The van der Waals surface area contributed by atoms with Crippen LogP contribution >= 0.6 is 0 Å². The molecule has 0 spiro atoms. The number of aliphatic hydroxyl groups is 1. The van der Waals surface area contributed by atoms with Crippen LogP contribution in [0.3, 0.4) is 0 Å². The van der Waals surface area contributed by atoms with E-state index in [0.717, 1.165) is 4.57 Å². The third kappa shape index (κ3) is 2.19. The monoisotopic (exact) mass is 266 g/mol. The van der Waals surface area contributed by atoms with E-state index < -0.39 is 35.5 Å². The number of ether oxygens (including phenoxy) is 1. The average molecular weight is 266 g/mol. The minimum atomic E-state index is -0.884. The van der Waals surface area contributed by atoms with Gasteiger partial charge in [-0.2, -0.15) is 5.26 Å². The lowest BCUT2D eigenvalue weighted by Gasteiger charge is -2.18. The summed E-state index contributed by atoms with van der Waals surface area (Å²) < 4.78 is 6.57. The Hall–Kier alpha value is -1.95. The molecule has 0 saturated carbocycles. The van der Waals surface area contributed by atoms with Crippen molar-refractivity contribution >= 4 is 0 Å². The summed E-state index contributed by atoms with van der Waals surface area (Å²) in [5.74, 6) is -0.714. The number of nitrogens with two attached hydrogens (primary N) is 1. The van der Waals surface area contributed by atoms with Crippen LogP contribution in [0.25, 0.3) is 0 Å². The summed E-state index contributed by atoms with van der Waals surface area (Å²) in [7, 11) is 0. The van der Waals surface area contributed by atoms with Gasteiger partial charge < -0.3 is 15.6 Å². The number of nitrogens with zero attached hydrogens (tertiary/aromatic N) is 2. The molecule has 19 heavy (non-hydrogen) atoms. The molecule has 0 aromatic carbocycles. The molecule has 1 aliphatic rings. The zero-order valence-corrected chi connectivity index (χ0v) is 10.2. The lowest BCUT2D eigenvalue weighted by molar-refractivity contribution is -0.0316. The molecular weight excluding hydrogens is 252 g/mol. The molecule has 1 aromatic heterocycles. The topological polar surface area (TPSA) is 134 Å². The first-order valence-corrected chi connectivity index (χ1v) is 5.73. The highest BCUT2D eigenvalue weighted by atomic mass is 16.5. The molecule has 8 nitrogen and oxygen atoms in total. The number of nitrogens with one attached hydrogen (secondary N) is 1. The van der Waals surface area contributed by atoms with Gasteiger partial charge in [0.1, 0.15) is 6.10 Å². The van der Waals surface area contributed by atoms with Gasteiger partial charge >= 0.3 is 5.69 Å². The predicted octanol–water partition coefficient (Wildman–Crippen LogP) is -1.80. The van der Waals surface area contributed by atoms with E-state index in [4.69, 9.17) is 20.8 Å². The van der Waals surface area contributed by atoms with Gasteiger partial charge in [-0.3, -0.25) is 14.3 Å². The van der Waals surface area contributed by atoms with Crippen LogP contribution < -0.4 is 17.0 Å². The van der Waals surface area contributed by atoms with Crippen molar-refractivity contribution in [3.63, 3.8) is 0 Å². The molecule has 102 valence electrons. The standard InChI is InChI=1S/C11H14N4O4/c1-5-3-15(11(18)14-9(5)17)10-8(13)6(2-12)7(4-16)19-10/h3,6-8,10,16H,4,13H2,1H3,(H,14,17,18)/t6-,7+,8+,10+/m0/s1. The van der Waals surface area contributed by atoms with Crippen molar-refractivity contribution in [1.82, 2.24) is 9.55 Å². The van der Waals surface area contributed by atoms with E-state index in [2.05, 4.69) is 4.98 Å². The SMILES string of the molecule is Cc1cn([C@@H]2O[C@H](CO)[C@H](C#N)[C@H]2N)c(=O)[nH]c1=O. The quantitative estimate of drug-likeness (QED) is 0.578. The smallest absolute Gasteiger partial charge is 0.330 e. The first kappa shape index (κ1) is 13.5. The molecule has 2 rings (SSSR count). The third-order valence-electron chi connectivity index (χ3n) is 3.21. The summed E-state index contributed by atoms with van der Waals surface area (Å²) in [6.07, 6.45) is -0.297. The second kappa shape index (κ2) is 4.97. The van der Waals surface area contributed by atoms with E-state index in [-0.39, 0.29) is 6.61 Å². The number of nitriles is 1. The van der Waals surface area contributed by atoms with Crippen molar-refractivity contribution in [3.05, 3.63) is 32.6 Å². The van der Waals surface area contributed by atoms with Gasteiger partial charge in [-0.1, -0.05) is 0 Å². The average Bonchev–Trinajstić information content (AvgIpc) is 2.70. The Morgan fingerprint density at radius 3 is 2.84 bits per heavy atom. The van der Waals surface area contributed by atoms with E-state index in [1.54, 1.807) is 6.92 Å². The Morgan fingerprint density at radius 2 is 2.32 bits per heavy atom. The van der Waals surface area contributed by atoms with Gasteiger partial charge in [0.05, 0.1) is 24.6 Å². The van der Waals surface area contributed by atoms with E-state index in [9.17, 15) is 9.59 Å². The van der Waals surface area contributed by atoms with Crippen molar-refractivity contribution < 1.29 is 9.84 Å². The summed E-state index contributed by atoms with van der Waals surface area (Å²) in [5.41, 5.74) is 5.06. The van der Waals surface area contributed by atoms with Gasteiger partial charge in [0.2, 0.25) is 0 Å². The molecular formula is C11H14N4O4. The molecule has 2 heterocycles. The molecule has 1 fully saturated rings. The highest BCUT2D eigenvalue weighted by molar-refractivity contribution is 5.06. The number of hydrogen-bond donors (Lipinski definition) is 3. The van der Waals surface area contributed by atoms with Gasteiger partial charge in [-0.05, 0) is 6.92 Å². The lowest BCUT2D eigenvalue weighted by Crippen LogP contribution is -2.40. The summed E-state index contributed by atoms with van der Waals surface area (Å²) in [5, 5.41) is 18.1. The fraction of sp³-hybridized carbons (Fsp3) is 0.545. The number of hydrogen-bond acceptors (Lipinski definition) is 6. The summed E-state index contributed by atoms with van der Waals surface area (Å²) in [6.45, 7) is 1.18. The Kier molecular flexibility index (Phi) is 3.53. The summed E-state index contributed by atoms with van der Waals surface area (Å²) in [4.78, 5) is 25.2. The van der Waals surface area contributed by atoms with Crippen LogP contribution in [0.4, 0.5) is 0 Å². The van der Waals surface area contributed by atoms with Crippen LogP contribution in [0.15, 0.2) is 15.8 Å². The van der Waals surface area contributed by atoms with Crippen LogP contribution in [0.1, 0.15) is 11.8 Å². The second-order valence-electron chi connectivity index (χ2n) is 4.46. The number of aromatic amines is 1. The number of aryl methyl sites for hydroxylation is 1. The Morgan fingerprint density at radius 1 is 1.63 bits per heavy atom. The number of aromatic nitrogens is 2. The maximum absolute atomic E-state index is 11.7. The molecule has 0 aliphatic carbocycles. The fourth-order valence-electron chi connectivity index (χ4n) is 2.13. The molecule has 0 unspecified atom stereocenters. The van der Waals surface area contributed by atoms with E-state index in [0.29, 0.717) is 5.56 Å². The molecule has 1 saturated heterocycles. The van der Waals surface area contributed by atoms with Gasteiger partial charge in [0, 0.05) is 11.8 Å². The zero-order valence-electron chi connectivity index (χ0n) is 10.2. The van der Waals surface area contributed by atoms with Crippen molar-refractivity contribution in [2.75, 3.05) is 6.61 Å². The maximum Gasteiger partial charge on any atom is 0.330 e. The molecule has 0 amide bonds. The molecule has 0 radical (unpaired) electrons. The van der Waals surface area contributed by atoms with E-state index >= 15 is 0 Å². The Balaban J connectivity index is 2.44. The molecule has 8 heteroatoms. The Bertz CT molecular complexity index is 629. The highest BCUT2D eigenvalue weighted by Gasteiger charge is 2.43. The van der Waals surface area contributed by atoms with Gasteiger partial charge in [0.25, 0.3) is 5.56 Å². The lowest BCUT2D eigenvalue weighted by atomic mass is 9.98. The van der Waals surface area contributed by atoms with Crippen LogP contribution in [-0.2, 0) is 4.74 Å². The van der Waals surface area contributed by atoms with Gasteiger partial charge in [-0.25, -0.2) is 4.79 Å². The first-order valence-electron chi connectivity index (χ1n) is 5.73. The minimum absolute atomic E-state index is 0.330. The maximum atomic E-state index is 11.7. The molecule has 4 atom stereocenters. The normalized spacial score (nSPS) is 30.2. The van der Waals surface area contributed by atoms with Gasteiger partial charge in [0.15, 0.2) is 6.23 Å². The largest absolute Gasteiger partial charge is 0.394 e. The van der Waals surface area contributed by atoms with E-state index in [1.807, 2.05) is 6.07 Å². The zero-order chi connectivity index (χ0) is 14.2. The van der Waals surface area contributed by atoms with Crippen molar-refractivity contribution in [2.45, 2.75) is 25.3 Å². The van der Waals surface area contributed by atoms with Crippen LogP contribution in [-0.4, -0.2) is 33.4 Å². The highest BCUT2D eigenvalue weighted by Crippen LogP contribution is 2.31. The molecule has 1 aromatic rings. The number of H-pyrrole nitrogens is 1. The fourth-order valence-corrected chi connectivity index (χ4v) is 2.13. The number of rotatable bonds is 2.